The molecule has 17 heavy (non-hydrogen) atoms. The van der Waals surface area contributed by atoms with Crippen molar-refractivity contribution >= 4 is 45.3 Å². The number of fused-ring (bicyclic) bond motifs is 1. The quantitative estimate of drug-likeness (QED) is 0.519. The maximum absolute atomic E-state index is 11.7. The summed E-state index contributed by atoms with van der Waals surface area (Å²) in [5, 5.41) is 1.44. The summed E-state index contributed by atoms with van der Waals surface area (Å²) in [6, 6.07) is 5.07. The minimum Gasteiger partial charge on any atom is -0.295 e. The van der Waals surface area contributed by atoms with Crippen LogP contribution in [0.4, 0.5) is 0 Å². The maximum Gasteiger partial charge on any atom is 0.260 e. The first-order chi connectivity index (χ1) is 8.15. The molecule has 0 aliphatic rings. The molecule has 86 valence electrons. The van der Waals surface area contributed by atoms with E-state index in [4.69, 9.17) is 0 Å². The van der Waals surface area contributed by atoms with Gasteiger partial charge < -0.3 is 0 Å². The Hall–Kier alpha value is -1.50. The Kier molecular flexibility index (Phi) is 3.37. The number of pyridine rings is 1. The van der Waals surface area contributed by atoms with Gasteiger partial charge in [-0.05, 0) is 30.5 Å². The molecule has 1 aromatic heterocycles. The van der Waals surface area contributed by atoms with Crippen LogP contribution in [0, 0.1) is 0 Å². The van der Waals surface area contributed by atoms with Crippen molar-refractivity contribution in [1.82, 2.24) is 8.51 Å². The van der Waals surface area contributed by atoms with Crippen LogP contribution in [0.25, 0.3) is 10.8 Å². The van der Waals surface area contributed by atoms with Gasteiger partial charge >= 0.3 is 0 Å². The van der Waals surface area contributed by atoms with Gasteiger partial charge in [0.1, 0.15) is 0 Å². The number of amides is 1. The number of rotatable bonds is 2. The molecule has 2 rings (SSSR count). The number of aromatic nitrogens is 1. The lowest BCUT2D eigenvalue weighted by molar-refractivity contribution is 0.0986. The molecule has 5 heteroatoms. The van der Waals surface area contributed by atoms with E-state index >= 15 is 0 Å². The molecule has 1 heterocycles. The molecule has 0 radical (unpaired) electrons. The summed E-state index contributed by atoms with van der Waals surface area (Å²) in [7, 11) is 0. The Labute approximate surface area is 112 Å². The summed E-state index contributed by atoms with van der Waals surface area (Å²) in [6.07, 6.45) is 3.21. The van der Waals surface area contributed by atoms with Gasteiger partial charge in [-0.25, -0.2) is 0 Å². The lowest BCUT2D eigenvalue weighted by atomic mass is 9.99. The zero-order valence-electron chi connectivity index (χ0n) is 9.03. The van der Waals surface area contributed by atoms with E-state index in [2.05, 4.69) is 8.51 Å². The van der Waals surface area contributed by atoms with Gasteiger partial charge in [0, 0.05) is 28.9 Å². The van der Waals surface area contributed by atoms with Gasteiger partial charge in [0.05, 0.1) is 22.9 Å². The van der Waals surface area contributed by atoms with Crippen LogP contribution in [0.5, 0.6) is 0 Å². The van der Waals surface area contributed by atoms with Crippen molar-refractivity contribution in [2.75, 3.05) is 0 Å². The lowest BCUT2D eigenvalue weighted by Crippen LogP contribution is -2.12. The molecule has 2 aromatic rings. The summed E-state index contributed by atoms with van der Waals surface area (Å²) in [4.78, 5) is 27.2. The van der Waals surface area contributed by atoms with Crippen LogP contribution in [-0.2, 0) is 0 Å². The molecular weight excluding hydrogens is 331 g/mol. The van der Waals surface area contributed by atoms with Crippen LogP contribution in [-0.4, -0.2) is 16.7 Å². The lowest BCUT2D eigenvalue weighted by Gasteiger charge is -2.07. The molecule has 1 N–H and O–H groups in total. The number of Topliss-reactive ketones (excluding diaryl/α,β-unsaturated/α-hetero) is 1. The molecule has 0 aliphatic carbocycles. The van der Waals surface area contributed by atoms with Gasteiger partial charge in [-0.1, -0.05) is 0 Å². The van der Waals surface area contributed by atoms with Gasteiger partial charge in [0.25, 0.3) is 5.91 Å². The van der Waals surface area contributed by atoms with E-state index in [9.17, 15) is 9.59 Å². The fourth-order valence-electron chi connectivity index (χ4n) is 1.75. The SMILES string of the molecule is CC(=O)c1ccc(C(=O)NI)c2cnccc12. The number of nitrogens with one attached hydrogen (secondary N) is 1. The first kappa shape index (κ1) is 12.0. The van der Waals surface area contributed by atoms with Crippen molar-refractivity contribution in [3.8, 4) is 0 Å². The summed E-state index contributed by atoms with van der Waals surface area (Å²) in [6.45, 7) is 1.51. The average Bonchev–Trinajstić information content (AvgIpc) is 2.36. The number of carbonyl (C=O) groups excluding carboxylic acids is 2. The van der Waals surface area contributed by atoms with E-state index in [0.717, 1.165) is 5.39 Å². The summed E-state index contributed by atoms with van der Waals surface area (Å²) in [5.74, 6) is -0.221. The molecule has 0 unspecified atom stereocenters. The smallest absolute Gasteiger partial charge is 0.260 e. The fourth-order valence-corrected chi connectivity index (χ4v) is 2.04. The molecule has 0 spiro atoms. The normalized spacial score (nSPS) is 10.2. The van der Waals surface area contributed by atoms with E-state index in [0.29, 0.717) is 16.5 Å². The summed E-state index contributed by atoms with van der Waals surface area (Å²) < 4.78 is 2.54. The van der Waals surface area contributed by atoms with Gasteiger partial charge in [-0.3, -0.25) is 18.1 Å². The predicted octanol–water partition coefficient (Wildman–Crippen LogP) is 2.52. The molecule has 0 saturated carbocycles. The Morgan fingerprint density at radius 3 is 2.53 bits per heavy atom. The van der Waals surface area contributed by atoms with Crippen molar-refractivity contribution in [3.05, 3.63) is 41.7 Å². The minimum absolute atomic E-state index is 0.0253. The van der Waals surface area contributed by atoms with Crippen LogP contribution in [0.15, 0.2) is 30.6 Å². The fraction of sp³-hybridized carbons (Fsp3) is 0.0833. The van der Waals surface area contributed by atoms with Crippen LogP contribution in [0.2, 0.25) is 0 Å². The Morgan fingerprint density at radius 2 is 1.88 bits per heavy atom. The Morgan fingerprint density at radius 1 is 1.18 bits per heavy atom. The molecule has 0 saturated heterocycles. The molecule has 0 atom stereocenters. The zero-order chi connectivity index (χ0) is 12.4. The summed E-state index contributed by atoms with van der Waals surface area (Å²) >= 11 is 1.78. The number of nitrogens with zero attached hydrogens (tertiary/aromatic N) is 1. The van der Waals surface area contributed by atoms with Crippen molar-refractivity contribution < 1.29 is 9.59 Å². The second-order valence-electron chi connectivity index (χ2n) is 3.56. The third-order valence-electron chi connectivity index (χ3n) is 2.53. The topological polar surface area (TPSA) is 59.1 Å². The molecule has 0 fully saturated rings. The standard InChI is InChI=1S/C12H9IN2O2/c1-7(16)8-2-3-10(12(17)15-13)11-6-14-5-4-9(8)11/h2-6H,1H3,(H,15,17). The summed E-state index contributed by atoms with van der Waals surface area (Å²) in [5.41, 5.74) is 1.12. The van der Waals surface area contributed by atoms with Gasteiger partial charge in [-0.15, -0.1) is 0 Å². The van der Waals surface area contributed by atoms with E-state index in [1.807, 2.05) is 0 Å². The molecular formula is C12H9IN2O2. The van der Waals surface area contributed by atoms with Gasteiger partial charge in [0.2, 0.25) is 0 Å². The van der Waals surface area contributed by atoms with Crippen molar-refractivity contribution in [3.63, 3.8) is 0 Å². The molecule has 4 nitrogen and oxygen atoms in total. The van der Waals surface area contributed by atoms with E-state index in [1.165, 1.54) is 6.92 Å². The highest BCUT2D eigenvalue weighted by Crippen LogP contribution is 2.22. The van der Waals surface area contributed by atoms with Crippen LogP contribution in [0.1, 0.15) is 27.6 Å². The maximum atomic E-state index is 11.7. The average molecular weight is 340 g/mol. The van der Waals surface area contributed by atoms with E-state index < -0.39 is 0 Å². The first-order valence-electron chi connectivity index (χ1n) is 4.93. The largest absolute Gasteiger partial charge is 0.295 e. The number of carbonyl (C=O) groups is 2. The van der Waals surface area contributed by atoms with Crippen LogP contribution < -0.4 is 3.53 Å². The van der Waals surface area contributed by atoms with Crippen LogP contribution >= 0.6 is 22.9 Å². The Balaban J connectivity index is 2.79. The van der Waals surface area contributed by atoms with Crippen molar-refractivity contribution in [1.29, 1.82) is 0 Å². The minimum atomic E-state index is -0.196. The molecule has 1 aromatic carbocycles. The molecule has 1 amide bonds. The van der Waals surface area contributed by atoms with Crippen molar-refractivity contribution in [2.24, 2.45) is 0 Å². The van der Waals surface area contributed by atoms with Crippen LogP contribution in [0.3, 0.4) is 0 Å². The molecule has 0 bridgehead atoms. The third-order valence-corrected chi connectivity index (χ3v) is 3.02. The van der Waals surface area contributed by atoms with Crippen molar-refractivity contribution in [2.45, 2.75) is 6.92 Å². The van der Waals surface area contributed by atoms with Gasteiger partial charge in [-0.2, -0.15) is 0 Å². The first-order valence-corrected chi connectivity index (χ1v) is 6.01. The second-order valence-corrected chi connectivity index (χ2v) is 4.10. The van der Waals surface area contributed by atoms with Gasteiger partial charge in [0.15, 0.2) is 5.78 Å². The number of halogens is 1. The zero-order valence-corrected chi connectivity index (χ0v) is 11.2. The predicted molar refractivity (Wildman–Crippen MR) is 73.2 cm³/mol. The number of benzene rings is 1. The van der Waals surface area contributed by atoms with E-state index in [-0.39, 0.29) is 11.7 Å². The highest BCUT2D eigenvalue weighted by Gasteiger charge is 2.13. The number of hydrogen-bond acceptors (Lipinski definition) is 3. The van der Waals surface area contributed by atoms with E-state index in [1.54, 1.807) is 53.5 Å². The second kappa shape index (κ2) is 4.79. The monoisotopic (exact) mass is 340 g/mol. The highest BCUT2D eigenvalue weighted by molar-refractivity contribution is 14.1. The third kappa shape index (κ3) is 2.14. The number of hydrogen-bond donors (Lipinski definition) is 1. The Bertz CT molecular complexity index is 610. The number of ketones is 1. The highest BCUT2D eigenvalue weighted by atomic mass is 127. The molecule has 0 aliphatic heterocycles.